The lowest BCUT2D eigenvalue weighted by atomic mass is 10.1. The van der Waals surface area contributed by atoms with E-state index in [2.05, 4.69) is 40.3 Å². The maximum atomic E-state index is 4.73. The third-order valence-corrected chi connectivity index (χ3v) is 5.54. The monoisotopic (exact) mass is 303 g/mol. The van der Waals surface area contributed by atoms with E-state index < -0.39 is 0 Å². The first kappa shape index (κ1) is 13.3. The Kier molecular flexibility index (Phi) is 3.23. The Morgan fingerprint density at radius 1 is 1.24 bits per heavy atom. The Bertz CT molecular complexity index is 615. The van der Waals surface area contributed by atoms with Gasteiger partial charge in [-0.15, -0.1) is 16.4 Å². The number of hydrogen-bond acceptors (Lipinski definition) is 5. The fourth-order valence-corrected chi connectivity index (χ4v) is 4.63. The second kappa shape index (κ2) is 5.10. The highest BCUT2D eigenvalue weighted by Gasteiger charge is 2.24. The molecule has 2 N–H and O–H groups in total. The molecule has 2 atom stereocenters. The van der Waals surface area contributed by atoms with Crippen molar-refractivity contribution in [1.82, 2.24) is 20.5 Å². The summed E-state index contributed by atoms with van der Waals surface area (Å²) in [4.78, 5) is 9.76. The van der Waals surface area contributed by atoms with E-state index in [-0.39, 0.29) is 0 Å². The van der Waals surface area contributed by atoms with Gasteiger partial charge in [0.2, 0.25) is 5.95 Å². The van der Waals surface area contributed by atoms with Gasteiger partial charge in [0.05, 0.1) is 4.88 Å². The van der Waals surface area contributed by atoms with Gasteiger partial charge in [0, 0.05) is 30.1 Å². The zero-order valence-electron chi connectivity index (χ0n) is 12.5. The van der Waals surface area contributed by atoms with Crippen LogP contribution in [0.5, 0.6) is 0 Å². The van der Waals surface area contributed by atoms with Crippen LogP contribution in [0.4, 0.5) is 5.95 Å². The highest BCUT2D eigenvalue weighted by molar-refractivity contribution is 7.15. The Morgan fingerprint density at radius 3 is 2.81 bits per heavy atom. The molecule has 1 saturated heterocycles. The first-order chi connectivity index (χ1) is 10.2. The minimum atomic E-state index is 0.473. The average Bonchev–Trinajstić information content (AvgIpc) is 3.12. The number of thiophene rings is 1. The van der Waals surface area contributed by atoms with Gasteiger partial charge in [-0.05, 0) is 44.7 Å². The summed E-state index contributed by atoms with van der Waals surface area (Å²) in [6.07, 6.45) is 3.76. The molecule has 0 saturated carbocycles. The van der Waals surface area contributed by atoms with E-state index in [1.54, 1.807) is 0 Å². The molecule has 1 aliphatic carbocycles. The van der Waals surface area contributed by atoms with Crippen LogP contribution in [0, 0.1) is 0 Å². The Balaban J connectivity index is 1.57. The number of aromatic amines is 1. The second-order valence-corrected chi connectivity index (χ2v) is 7.41. The molecule has 21 heavy (non-hydrogen) atoms. The fraction of sp³-hybridized carbons (Fsp3) is 0.600. The van der Waals surface area contributed by atoms with E-state index in [4.69, 9.17) is 4.98 Å². The van der Waals surface area contributed by atoms with Crippen molar-refractivity contribution in [2.24, 2.45) is 0 Å². The van der Waals surface area contributed by atoms with Crippen molar-refractivity contribution >= 4 is 17.3 Å². The highest BCUT2D eigenvalue weighted by atomic mass is 32.1. The normalized spacial score (nSPS) is 25.3. The number of nitrogens with zero attached hydrogens (tertiary/aromatic N) is 3. The van der Waals surface area contributed by atoms with E-state index in [9.17, 15) is 0 Å². The third kappa shape index (κ3) is 2.46. The van der Waals surface area contributed by atoms with Crippen LogP contribution in [-0.4, -0.2) is 40.4 Å². The number of aryl methyl sites for hydroxylation is 2. The third-order valence-electron chi connectivity index (χ3n) is 4.29. The fourth-order valence-electron chi connectivity index (χ4n) is 3.44. The van der Waals surface area contributed by atoms with Gasteiger partial charge >= 0.3 is 0 Å². The van der Waals surface area contributed by atoms with Crippen LogP contribution in [-0.2, 0) is 12.8 Å². The smallest absolute Gasteiger partial charge is 0.245 e. The number of rotatable bonds is 2. The predicted molar refractivity (Wildman–Crippen MR) is 86.0 cm³/mol. The Morgan fingerprint density at radius 2 is 2.05 bits per heavy atom. The van der Waals surface area contributed by atoms with Crippen molar-refractivity contribution in [2.45, 2.75) is 45.2 Å². The number of anilines is 1. The van der Waals surface area contributed by atoms with Crippen molar-refractivity contribution in [2.75, 3.05) is 18.0 Å². The molecule has 0 aromatic carbocycles. The van der Waals surface area contributed by atoms with Crippen LogP contribution in [0.1, 0.15) is 30.7 Å². The maximum absolute atomic E-state index is 4.73. The molecular formula is C15H21N5S. The van der Waals surface area contributed by atoms with Crippen LogP contribution < -0.4 is 10.2 Å². The van der Waals surface area contributed by atoms with Gasteiger partial charge in [-0.1, -0.05) is 0 Å². The van der Waals surface area contributed by atoms with Crippen LogP contribution in [0.2, 0.25) is 0 Å². The van der Waals surface area contributed by atoms with Gasteiger partial charge < -0.3 is 10.2 Å². The van der Waals surface area contributed by atoms with Crippen LogP contribution in [0.3, 0.4) is 0 Å². The molecule has 0 amide bonds. The molecule has 112 valence electrons. The van der Waals surface area contributed by atoms with Crippen molar-refractivity contribution in [3.8, 4) is 10.7 Å². The van der Waals surface area contributed by atoms with Gasteiger partial charge in [-0.3, -0.25) is 5.10 Å². The lowest BCUT2D eigenvalue weighted by molar-refractivity contribution is 0.403. The maximum Gasteiger partial charge on any atom is 0.245 e. The molecule has 2 unspecified atom stereocenters. The van der Waals surface area contributed by atoms with Gasteiger partial charge in [0.15, 0.2) is 5.82 Å². The molecule has 4 rings (SSSR count). The molecule has 2 aliphatic rings. The standard InChI is InChI=1S/C15H21N5S/c1-9-7-20(8-10(2)16-9)15-17-14(18-19-15)13-6-11-4-3-5-12(11)21-13/h6,9-10,16H,3-5,7-8H2,1-2H3,(H,17,18,19). The molecule has 2 aromatic rings. The van der Waals surface area contributed by atoms with Crippen LogP contribution >= 0.6 is 11.3 Å². The summed E-state index contributed by atoms with van der Waals surface area (Å²) < 4.78 is 0. The van der Waals surface area contributed by atoms with Gasteiger partial charge in [-0.2, -0.15) is 4.98 Å². The Hall–Kier alpha value is -1.40. The lowest BCUT2D eigenvalue weighted by Crippen LogP contribution is -2.54. The largest absolute Gasteiger partial charge is 0.336 e. The first-order valence-electron chi connectivity index (χ1n) is 7.74. The van der Waals surface area contributed by atoms with Crippen molar-refractivity contribution in [3.05, 3.63) is 16.5 Å². The zero-order chi connectivity index (χ0) is 14.4. The molecule has 0 radical (unpaired) electrons. The summed E-state index contributed by atoms with van der Waals surface area (Å²) in [5, 5.41) is 11.1. The number of H-pyrrole nitrogens is 1. The van der Waals surface area contributed by atoms with Crippen molar-refractivity contribution in [3.63, 3.8) is 0 Å². The van der Waals surface area contributed by atoms with Crippen molar-refractivity contribution < 1.29 is 0 Å². The number of nitrogens with one attached hydrogen (secondary N) is 2. The highest BCUT2D eigenvalue weighted by Crippen LogP contribution is 2.35. The first-order valence-corrected chi connectivity index (χ1v) is 8.56. The van der Waals surface area contributed by atoms with Crippen molar-refractivity contribution in [1.29, 1.82) is 0 Å². The van der Waals surface area contributed by atoms with E-state index >= 15 is 0 Å². The summed E-state index contributed by atoms with van der Waals surface area (Å²) in [7, 11) is 0. The number of hydrogen-bond donors (Lipinski definition) is 2. The average molecular weight is 303 g/mol. The topological polar surface area (TPSA) is 56.8 Å². The van der Waals surface area contributed by atoms with Crippen LogP contribution in [0.25, 0.3) is 10.7 Å². The molecule has 0 bridgehead atoms. The van der Waals surface area contributed by atoms with E-state index in [0.29, 0.717) is 12.1 Å². The molecule has 3 heterocycles. The summed E-state index contributed by atoms with van der Waals surface area (Å²) >= 11 is 1.87. The van der Waals surface area contributed by atoms with Gasteiger partial charge in [-0.25, -0.2) is 0 Å². The SMILES string of the molecule is CC1CN(c2n[nH]c(-c3cc4c(s3)CCC4)n2)CC(C)N1. The van der Waals surface area contributed by atoms with E-state index in [1.807, 2.05) is 11.3 Å². The molecule has 2 aromatic heterocycles. The molecule has 1 aliphatic heterocycles. The quantitative estimate of drug-likeness (QED) is 0.893. The number of fused-ring (bicyclic) bond motifs is 1. The zero-order valence-corrected chi connectivity index (χ0v) is 13.3. The van der Waals surface area contributed by atoms with E-state index in [0.717, 1.165) is 24.9 Å². The number of aromatic nitrogens is 3. The second-order valence-electron chi connectivity index (χ2n) is 6.27. The summed E-state index contributed by atoms with van der Waals surface area (Å²) in [5.41, 5.74) is 1.51. The van der Waals surface area contributed by atoms with E-state index in [1.165, 1.54) is 34.6 Å². The van der Waals surface area contributed by atoms with Gasteiger partial charge in [0.25, 0.3) is 0 Å². The summed E-state index contributed by atoms with van der Waals surface area (Å²) in [5.74, 6) is 1.75. The minimum Gasteiger partial charge on any atom is -0.336 e. The Labute approximate surface area is 128 Å². The number of piperazine rings is 1. The molecule has 6 heteroatoms. The summed E-state index contributed by atoms with van der Waals surface area (Å²) in [6, 6.07) is 3.24. The van der Waals surface area contributed by atoms with Crippen LogP contribution in [0.15, 0.2) is 6.07 Å². The molecule has 5 nitrogen and oxygen atoms in total. The van der Waals surface area contributed by atoms with Gasteiger partial charge in [0.1, 0.15) is 0 Å². The molecule has 0 spiro atoms. The predicted octanol–water partition coefficient (Wildman–Crippen LogP) is 2.21. The minimum absolute atomic E-state index is 0.473. The lowest BCUT2D eigenvalue weighted by Gasteiger charge is -2.35. The summed E-state index contributed by atoms with van der Waals surface area (Å²) in [6.45, 7) is 6.34. The molecule has 1 fully saturated rings. The molecular weight excluding hydrogens is 282 g/mol.